The topological polar surface area (TPSA) is 41.9 Å². The van der Waals surface area contributed by atoms with Crippen molar-refractivity contribution in [2.45, 2.75) is 6.54 Å². The highest BCUT2D eigenvalue weighted by Crippen LogP contribution is 2.34. The summed E-state index contributed by atoms with van der Waals surface area (Å²) in [5.41, 5.74) is 3.78. The van der Waals surface area contributed by atoms with Gasteiger partial charge in [0.25, 0.3) is 5.91 Å². The summed E-state index contributed by atoms with van der Waals surface area (Å²) in [7, 11) is 1.56. The van der Waals surface area contributed by atoms with Gasteiger partial charge in [0.2, 0.25) is 0 Å². The summed E-state index contributed by atoms with van der Waals surface area (Å²) < 4.78 is 5.18. The van der Waals surface area contributed by atoms with Gasteiger partial charge in [0.05, 0.1) is 30.1 Å². The summed E-state index contributed by atoms with van der Waals surface area (Å²) in [6.07, 6.45) is 0. The van der Waals surface area contributed by atoms with Gasteiger partial charge in [0.15, 0.2) is 0 Å². The number of carbonyl (C=O) groups is 1. The van der Waals surface area contributed by atoms with Crippen molar-refractivity contribution >= 4 is 34.6 Å². The SMILES string of the molecule is COc1ccc(N=C2C(=O)N(Cc3ccccc3)c3ccccc32)cc1Cl. The van der Waals surface area contributed by atoms with Crippen LogP contribution in [0.2, 0.25) is 5.02 Å². The highest BCUT2D eigenvalue weighted by atomic mass is 35.5. The van der Waals surface area contributed by atoms with Gasteiger partial charge >= 0.3 is 0 Å². The third-order valence-electron chi connectivity index (χ3n) is 4.46. The summed E-state index contributed by atoms with van der Waals surface area (Å²) in [5.74, 6) is 0.455. The molecule has 1 amide bonds. The minimum atomic E-state index is -0.119. The van der Waals surface area contributed by atoms with Crippen LogP contribution < -0.4 is 9.64 Å². The normalized spacial score (nSPS) is 14.5. The van der Waals surface area contributed by atoms with Gasteiger partial charge in [-0.15, -0.1) is 0 Å². The van der Waals surface area contributed by atoms with E-state index in [4.69, 9.17) is 16.3 Å². The van der Waals surface area contributed by atoms with Crippen LogP contribution in [0.4, 0.5) is 11.4 Å². The third kappa shape index (κ3) is 3.32. The van der Waals surface area contributed by atoms with Gasteiger partial charge in [-0.05, 0) is 29.8 Å². The first-order valence-corrected chi connectivity index (χ1v) is 8.92. The Balaban J connectivity index is 1.74. The fourth-order valence-electron chi connectivity index (χ4n) is 3.15. The monoisotopic (exact) mass is 376 g/mol. The molecule has 4 nitrogen and oxygen atoms in total. The molecule has 0 spiro atoms. The van der Waals surface area contributed by atoms with Crippen LogP contribution in [0.25, 0.3) is 0 Å². The number of hydrogen-bond acceptors (Lipinski definition) is 3. The molecule has 1 aliphatic heterocycles. The largest absolute Gasteiger partial charge is 0.495 e. The quantitative estimate of drug-likeness (QED) is 0.641. The van der Waals surface area contributed by atoms with Gasteiger partial charge in [-0.25, -0.2) is 4.99 Å². The maximum Gasteiger partial charge on any atom is 0.277 e. The lowest BCUT2D eigenvalue weighted by Gasteiger charge is -2.16. The second-order valence-electron chi connectivity index (χ2n) is 6.17. The van der Waals surface area contributed by atoms with E-state index in [0.29, 0.717) is 28.7 Å². The zero-order valence-electron chi connectivity index (χ0n) is 14.7. The molecule has 27 heavy (non-hydrogen) atoms. The Kier molecular flexibility index (Phi) is 4.65. The molecule has 4 rings (SSSR count). The average Bonchev–Trinajstić information content (AvgIpc) is 2.95. The number of rotatable bonds is 4. The molecule has 0 radical (unpaired) electrons. The van der Waals surface area contributed by atoms with Crippen LogP contribution in [-0.4, -0.2) is 18.7 Å². The Bertz CT molecular complexity index is 1030. The zero-order valence-corrected chi connectivity index (χ0v) is 15.5. The summed E-state index contributed by atoms with van der Waals surface area (Å²) in [5, 5.41) is 0.458. The number of ether oxygens (including phenoxy) is 1. The minimum absolute atomic E-state index is 0.119. The first-order chi connectivity index (χ1) is 13.2. The van der Waals surface area contributed by atoms with Crippen molar-refractivity contribution in [1.82, 2.24) is 0 Å². The van der Waals surface area contributed by atoms with Gasteiger partial charge in [-0.1, -0.05) is 60.1 Å². The van der Waals surface area contributed by atoms with Crippen molar-refractivity contribution in [3.05, 3.63) is 88.9 Å². The molecule has 0 fully saturated rings. The van der Waals surface area contributed by atoms with E-state index in [1.165, 1.54) is 0 Å². The molecule has 5 heteroatoms. The lowest BCUT2D eigenvalue weighted by Crippen LogP contribution is -2.29. The third-order valence-corrected chi connectivity index (χ3v) is 4.75. The van der Waals surface area contributed by atoms with E-state index in [1.54, 1.807) is 30.2 Å². The first-order valence-electron chi connectivity index (χ1n) is 8.55. The molecule has 0 bridgehead atoms. The first kappa shape index (κ1) is 17.3. The van der Waals surface area contributed by atoms with Crippen LogP contribution in [0.5, 0.6) is 5.75 Å². The highest BCUT2D eigenvalue weighted by Gasteiger charge is 2.33. The maximum atomic E-state index is 13.1. The number of fused-ring (bicyclic) bond motifs is 1. The molecule has 1 heterocycles. The van der Waals surface area contributed by atoms with Gasteiger partial charge in [-0.3, -0.25) is 4.79 Å². The standard InChI is InChI=1S/C22H17ClN2O2/c1-27-20-12-11-16(13-18(20)23)24-21-17-9-5-6-10-19(17)25(22(21)26)14-15-7-3-2-4-8-15/h2-13H,14H2,1H3. The number of amides is 1. The van der Waals surface area contributed by atoms with Gasteiger partial charge in [-0.2, -0.15) is 0 Å². The van der Waals surface area contributed by atoms with E-state index in [2.05, 4.69) is 4.99 Å². The van der Waals surface area contributed by atoms with Crippen molar-refractivity contribution in [3.8, 4) is 5.75 Å². The number of anilines is 1. The summed E-state index contributed by atoms with van der Waals surface area (Å²) in [4.78, 5) is 19.5. The van der Waals surface area contributed by atoms with Crippen molar-refractivity contribution < 1.29 is 9.53 Å². The van der Waals surface area contributed by atoms with Crippen LogP contribution in [-0.2, 0) is 11.3 Å². The average molecular weight is 377 g/mol. The van der Waals surface area contributed by atoms with Crippen molar-refractivity contribution in [2.75, 3.05) is 12.0 Å². The predicted molar refractivity (Wildman–Crippen MR) is 108 cm³/mol. The van der Waals surface area contributed by atoms with Gasteiger partial charge < -0.3 is 9.64 Å². The number of para-hydroxylation sites is 1. The van der Waals surface area contributed by atoms with E-state index in [1.807, 2.05) is 54.6 Å². The molecule has 134 valence electrons. The van der Waals surface area contributed by atoms with Crippen LogP contribution >= 0.6 is 11.6 Å². The number of halogens is 1. The van der Waals surface area contributed by atoms with Crippen molar-refractivity contribution in [3.63, 3.8) is 0 Å². The van der Waals surface area contributed by atoms with Gasteiger partial charge in [0.1, 0.15) is 11.5 Å². The number of methoxy groups -OCH3 is 1. The van der Waals surface area contributed by atoms with Crippen LogP contribution in [0, 0.1) is 0 Å². The number of hydrogen-bond donors (Lipinski definition) is 0. The van der Waals surface area contributed by atoms with Gasteiger partial charge in [0, 0.05) is 5.56 Å². The van der Waals surface area contributed by atoms with E-state index < -0.39 is 0 Å². The van der Waals surface area contributed by atoms with Crippen molar-refractivity contribution in [2.24, 2.45) is 4.99 Å². The Morgan fingerprint density at radius 2 is 1.74 bits per heavy atom. The van der Waals surface area contributed by atoms with Crippen molar-refractivity contribution in [1.29, 1.82) is 0 Å². The molecule has 3 aromatic carbocycles. The Labute approximate surface area is 162 Å². The second-order valence-corrected chi connectivity index (χ2v) is 6.58. The maximum absolute atomic E-state index is 13.1. The zero-order chi connectivity index (χ0) is 18.8. The lowest BCUT2D eigenvalue weighted by atomic mass is 10.1. The predicted octanol–water partition coefficient (Wildman–Crippen LogP) is 5.02. The number of nitrogens with zero attached hydrogens (tertiary/aromatic N) is 2. The Hall–Kier alpha value is -3.11. The molecule has 0 aliphatic carbocycles. The van der Waals surface area contributed by atoms with E-state index in [-0.39, 0.29) is 5.91 Å². The summed E-state index contributed by atoms with van der Waals surface area (Å²) in [6, 6.07) is 22.8. The fraction of sp³-hybridized carbons (Fsp3) is 0.0909. The Morgan fingerprint density at radius 1 is 1.00 bits per heavy atom. The molecule has 1 aliphatic rings. The molecule has 3 aromatic rings. The minimum Gasteiger partial charge on any atom is -0.495 e. The molecule has 0 aromatic heterocycles. The second kappa shape index (κ2) is 7.25. The summed E-state index contributed by atoms with van der Waals surface area (Å²) >= 11 is 6.20. The van der Waals surface area contributed by atoms with Crippen LogP contribution in [0.15, 0.2) is 77.8 Å². The molecule has 0 saturated carbocycles. The molecular weight excluding hydrogens is 360 g/mol. The number of benzene rings is 3. The fourth-order valence-corrected chi connectivity index (χ4v) is 3.40. The van der Waals surface area contributed by atoms with E-state index in [0.717, 1.165) is 16.8 Å². The van der Waals surface area contributed by atoms with Crippen LogP contribution in [0.1, 0.15) is 11.1 Å². The molecule has 0 N–H and O–H groups in total. The van der Waals surface area contributed by atoms with E-state index in [9.17, 15) is 4.79 Å². The van der Waals surface area contributed by atoms with E-state index >= 15 is 0 Å². The molecule has 0 unspecified atom stereocenters. The number of carbonyl (C=O) groups excluding carboxylic acids is 1. The number of aliphatic imine (C=N–C) groups is 1. The highest BCUT2D eigenvalue weighted by molar-refractivity contribution is 6.54. The molecule has 0 saturated heterocycles. The van der Waals surface area contributed by atoms with Crippen LogP contribution in [0.3, 0.4) is 0 Å². The Morgan fingerprint density at radius 3 is 2.48 bits per heavy atom. The molecular formula is C22H17ClN2O2. The summed E-state index contributed by atoms with van der Waals surface area (Å²) in [6.45, 7) is 0.499. The smallest absolute Gasteiger partial charge is 0.277 e. The molecule has 0 atom stereocenters. The lowest BCUT2D eigenvalue weighted by molar-refractivity contribution is -0.112.